The predicted molar refractivity (Wildman–Crippen MR) is 48.4 cm³/mol. The van der Waals surface area contributed by atoms with Crippen LogP contribution in [0.3, 0.4) is 0 Å². The van der Waals surface area contributed by atoms with E-state index in [4.69, 9.17) is 10.0 Å². The van der Waals surface area contributed by atoms with E-state index in [1.54, 1.807) is 0 Å². The average molecular weight is 158 g/mol. The van der Waals surface area contributed by atoms with E-state index in [9.17, 15) is 0 Å². The summed E-state index contributed by atoms with van der Waals surface area (Å²) in [5.74, 6) is 0.0848. The van der Waals surface area contributed by atoms with Crippen LogP contribution in [0.15, 0.2) is 0 Å². The Labute approximate surface area is 69.8 Å². The molecule has 0 saturated heterocycles. The maximum Gasteiger partial charge on any atom is 0.454 e. The molecule has 0 fully saturated rings. The Morgan fingerprint density at radius 3 is 2.18 bits per heavy atom. The first kappa shape index (κ1) is 11.0. The number of rotatable bonds is 6. The molecule has 1 unspecified atom stereocenters. The zero-order valence-corrected chi connectivity index (χ0v) is 7.58. The minimum Gasteiger partial charge on any atom is -0.427 e. The lowest BCUT2D eigenvalue weighted by molar-refractivity contribution is 0.372. The molecule has 0 aromatic carbocycles. The molecule has 1 atom stereocenters. The van der Waals surface area contributed by atoms with Gasteiger partial charge in [-0.15, -0.1) is 0 Å². The van der Waals surface area contributed by atoms with Crippen LogP contribution in [0, 0.1) is 0 Å². The molecule has 11 heavy (non-hydrogen) atoms. The predicted octanol–water partition coefficient (Wildman–Crippen LogP) is 1.82. The average Bonchev–Trinajstić information content (AvgIpc) is 1.97. The highest BCUT2D eigenvalue weighted by Gasteiger charge is 2.19. The summed E-state index contributed by atoms with van der Waals surface area (Å²) >= 11 is 0. The standard InChI is InChI=1S/C8H19BO2/c1-3-5-6-7-8(4-2)9(10)11/h8,10-11H,3-7H2,1-2H3. The van der Waals surface area contributed by atoms with Crippen molar-refractivity contribution in [2.75, 3.05) is 0 Å². The second-order valence-electron chi connectivity index (χ2n) is 3.08. The Morgan fingerprint density at radius 2 is 1.82 bits per heavy atom. The highest BCUT2D eigenvalue weighted by molar-refractivity contribution is 6.43. The molecule has 3 heteroatoms. The van der Waals surface area contributed by atoms with Gasteiger partial charge in [0.15, 0.2) is 0 Å². The Morgan fingerprint density at radius 1 is 1.18 bits per heavy atom. The van der Waals surface area contributed by atoms with Crippen molar-refractivity contribution in [2.45, 2.75) is 51.8 Å². The lowest BCUT2D eigenvalue weighted by atomic mass is 9.68. The second-order valence-corrected chi connectivity index (χ2v) is 3.08. The minimum absolute atomic E-state index is 0.0848. The first-order valence-electron chi connectivity index (χ1n) is 4.58. The second kappa shape index (κ2) is 6.68. The maximum atomic E-state index is 8.87. The summed E-state index contributed by atoms with van der Waals surface area (Å²) in [6.07, 6.45) is 5.32. The van der Waals surface area contributed by atoms with Gasteiger partial charge < -0.3 is 10.0 Å². The van der Waals surface area contributed by atoms with Crippen molar-refractivity contribution < 1.29 is 10.0 Å². The molecule has 0 aliphatic carbocycles. The summed E-state index contributed by atoms with van der Waals surface area (Å²) in [5, 5.41) is 17.7. The first-order chi connectivity index (χ1) is 5.22. The van der Waals surface area contributed by atoms with E-state index >= 15 is 0 Å². The molecule has 2 N–H and O–H groups in total. The van der Waals surface area contributed by atoms with Crippen LogP contribution in [0.25, 0.3) is 0 Å². The molecular formula is C8H19BO2. The normalized spacial score (nSPS) is 13.1. The molecule has 0 spiro atoms. The van der Waals surface area contributed by atoms with Crippen molar-refractivity contribution in [3.05, 3.63) is 0 Å². The smallest absolute Gasteiger partial charge is 0.427 e. The molecule has 0 heterocycles. The van der Waals surface area contributed by atoms with E-state index in [1.165, 1.54) is 12.8 Å². The van der Waals surface area contributed by atoms with Gasteiger partial charge in [0.2, 0.25) is 0 Å². The fourth-order valence-corrected chi connectivity index (χ4v) is 1.22. The van der Waals surface area contributed by atoms with Gasteiger partial charge in [-0.25, -0.2) is 0 Å². The quantitative estimate of drug-likeness (QED) is 0.457. The van der Waals surface area contributed by atoms with E-state index in [0.29, 0.717) is 0 Å². The molecule has 0 aromatic rings. The van der Waals surface area contributed by atoms with Crippen LogP contribution in [-0.4, -0.2) is 17.2 Å². The van der Waals surface area contributed by atoms with Crippen LogP contribution < -0.4 is 0 Å². The maximum absolute atomic E-state index is 8.87. The van der Waals surface area contributed by atoms with Gasteiger partial charge in [0.25, 0.3) is 0 Å². The molecule has 0 saturated carbocycles. The molecule has 0 aliphatic heterocycles. The molecule has 0 bridgehead atoms. The van der Waals surface area contributed by atoms with Gasteiger partial charge in [0, 0.05) is 0 Å². The summed E-state index contributed by atoms with van der Waals surface area (Å²) in [7, 11) is -1.11. The zero-order chi connectivity index (χ0) is 8.69. The third-order valence-electron chi connectivity index (χ3n) is 2.12. The Hall–Kier alpha value is -0.0151. The topological polar surface area (TPSA) is 40.5 Å². The van der Waals surface area contributed by atoms with Crippen molar-refractivity contribution >= 4 is 7.12 Å². The van der Waals surface area contributed by atoms with Crippen molar-refractivity contribution in [2.24, 2.45) is 0 Å². The Kier molecular flexibility index (Phi) is 6.67. The summed E-state index contributed by atoms with van der Waals surface area (Å²) < 4.78 is 0. The lowest BCUT2D eigenvalue weighted by Gasteiger charge is -2.11. The minimum atomic E-state index is -1.11. The number of hydrogen-bond donors (Lipinski definition) is 2. The zero-order valence-electron chi connectivity index (χ0n) is 7.58. The number of unbranched alkanes of at least 4 members (excludes halogenated alkanes) is 2. The van der Waals surface area contributed by atoms with Crippen LogP contribution in [0.2, 0.25) is 5.82 Å². The van der Waals surface area contributed by atoms with Crippen molar-refractivity contribution in [1.82, 2.24) is 0 Å². The third-order valence-corrected chi connectivity index (χ3v) is 2.12. The van der Waals surface area contributed by atoms with Gasteiger partial charge >= 0.3 is 7.12 Å². The van der Waals surface area contributed by atoms with Crippen molar-refractivity contribution in [3.8, 4) is 0 Å². The number of hydrogen-bond acceptors (Lipinski definition) is 2. The Bertz CT molecular complexity index is 86.2. The van der Waals surface area contributed by atoms with Crippen LogP contribution in [0.1, 0.15) is 46.0 Å². The molecular weight excluding hydrogens is 139 g/mol. The van der Waals surface area contributed by atoms with Gasteiger partial charge in [0.1, 0.15) is 0 Å². The van der Waals surface area contributed by atoms with Gasteiger partial charge in [-0.2, -0.15) is 0 Å². The monoisotopic (exact) mass is 158 g/mol. The fraction of sp³-hybridized carbons (Fsp3) is 1.00. The summed E-state index contributed by atoms with van der Waals surface area (Å²) in [6, 6.07) is 0. The van der Waals surface area contributed by atoms with Crippen molar-refractivity contribution in [1.29, 1.82) is 0 Å². The summed E-state index contributed by atoms with van der Waals surface area (Å²) in [6.45, 7) is 4.15. The van der Waals surface area contributed by atoms with Crippen LogP contribution in [0.5, 0.6) is 0 Å². The first-order valence-corrected chi connectivity index (χ1v) is 4.58. The van der Waals surface area contributed by atoms with E-state index in [0.717, 1.165) is 19.3 Å². The lowest BCUT2D eigenvalue weighted by Crippen LogP contribution is -2.19. The van der Waals surface area contributed by atoms with E-state index < -0.39 is 7.12 Å². The molecule has 0 aliphatic rings. The van der Waals surface area contributed by atoms with Gasteiger partial charge in [0.05, 0.1) is 0 Å². The molecule has 0 amide bonds. The molecule has 66 valence electrons. The Balaban J connectivity index is 3.36. The summed E-state index contributed by atoms with van der Waals surface area (Å²) in [5.41, 5.74) is 0. The SMILES string of the molecule is CCCCCC(CC)B(O)O. The van der Waals surface area contributed by atoms with Crippen LogP contribution in [0.4, 0.5) is 0 Å². The summed E-state index contributed by atoms with van der Waals surface area (Å²) in [4.78, 5) is 0. The molecule has 0 radical (unpaired) electrons. The molecule has 0 aromatic heterocycles. The molecule has 2 nitrogen and oxygen atoms in total. The highest BCUT2D eigenvalue weighted by atomic mass is 16.4. The largest absolute Gasteiger partial charge is 0.454 e. The van der Waals surface area contributed by atoms with E-state index in [2.05, 4.69) is 6.92 Å². The van der Waals surface area contributed by atoms with E-state index in [-0.39, 0.29) is 5.82 Å². The van der Waals surface area contributed by atoms with E-state index in [1.807, 2.05) is 6.92 Å². The highest BCUT2D eigenvalue weighted by Crippen LogP contribution is 2.20. The fourth-order valence-electron chi connectivity index (χ4n) is 1.22. The molecule has 0 rings (SSSR count). The van der Waals surface area contributed by atoms with Crippen LogP contribution in [-0.2, 0) is 0 Å². The van der Waals surface area contributed by atoms with Gasteiger partial charge in [-0.05, 0) is 5.82 Å². The van der Waals surface area contributed by atoms with Gasteiger partial charge in [-0.1, -0.05) is 46.0 Å². The van der Waals surface area contributed by atoms with Gasteiger partial charge in [-0.3, -0.25) is 0 Å². The van der Waals surface area contributed by atoms with Crippen molar-refractivity contribution in [3.63, 3.8) is 0 Å². The third kappa shape index (κ3) is 5.28. The van der Waals surface area contributed by atoms with Crippen LogP contribution >= 0.6 is 0 Å².